The maximum absolute atomic E-state index is 12.4. The van der Waals surface area contributed by atoms with Crippen LogP contribution in [0.4, 0.5) is 11.6 Å². The quantitative estimate of drug-likeness (QED) is 0.541. The molecule has 0 aliphatic heterocycles. The molecule has 0 aliphatic carbocycles. The van der Waals surface area contributed by atoms with Gasteiger partial charge in [0.25, 0.3) is 5.91 Å². The van der Waals surface area contributed by atoms with Crippen LogP contribution >= 0.6 is 0 Å². The minimum Gasteiger partial charge on any atom is -0.465 e. The molecular weight excluding hydrogens is 346 g/mol. The fraction of sp³-hybridized carbons (Fsp3) is 0.368. The highest BCUT2D eigenvalue weighted by atomic mass is 16.5. The lowest BCUT2D eigenvalue weighted by molar-refractivity contribution is 0.0601. The highest BCUT2D eigenvalue weighted by Gasteiger charge is 2.14. The van der Waals surface area contributed by atoms with E-state index in [9.17, 15) is 9.59 Å². The van der Waals surface area contributed by atoms with Gasteiger partial charge >= 0.3 is 5.97 Å². The van der Waals surface area contributed by atoms with Crippen LogP contribution in [-0.2, 0) is 4.74 Å². The third-order valence-electron chi connectivity index (χ3n) is 3.73. The van der Waals surface area contributed by atoms with Crippen LogP contribution in [0.2, 0.25) is 0 Å². The molecule has 0 fully saturated rings. The van der Waals surface area contributed by atoms with Crippen molar-refractivity contribution < 1.29 is 14.3 Å². The molecule has 0 aliphatic rings. The number of ether oxygens (including phenoxy) is 1. The average Bonchev–Trinajstić information content (AvgIpc) is 2.64. The van der Waals surface area contributed by atoms with Gasteiger partial charge in [-0.05, 0) is 52.2 Å². The van der Waals surface area contributed by atoms with Gasteiger partial charge in [0, 0.05) is 12.2 Å². The number of amides is 1. The Morgan fingerprint density at radius 1 is 1.19 bits per heavy atom. The fourth-order valence-corrected chi connectivity index (χ4v) is 2.43. The van der Waals surface area contributed by atoms with E-state index < -0.39 is 5.97 Å². The first-order chi connectivity index (χ1) is 12.9. The third-order valence-corrected chi connectivity index (χ3v) is 3.73. The number of esters is 1. The summed E-state index contributed by atoms with van der Waals surface area (Å²) in [7, 11) is 5.29. The van der Waals surface area contributed by atoms with Gasteiger partial charge in [-0.15, -0.1) is 0 Å². The number of hydrogen-bond donors (Lipinski definition) is 2. The molecule has 0 radical (unpaired) electrons. The second-order valence-corrected chi connectivity index (χ2v) is 6.29. The van der Waals surface area contributed by atoms with Crippen molar-refractivity contribution in [1.29, 1.82) is 0 Å². The zero-order valence-electron chi connectivity index (χ0n) is 16.1. The van der Waals surface area contributed by atoms with Crippen LogP contribution in [0.15, 0.2) is 30.3 Å². The largest absolute Gasteiger partial charge is 0.465 e. The van der Waals surface area contributed by atoms with Gasteiger partial charge in [-0.3, -0.25) is 4.79 Å². The number of aromatic nitrogens is 2. The normalized spacial score (nSPS) is 10.6. The molecule has 1 aromatic heterocycles. The molecule has 27 heavy (non-hydrogen) atoms. The minimum atomic E-state index is -0.468. The number of benzene rings is 1. The zero-order valence-corrected chi connectivity index (χ0v) is 16.1. The van der Waals surface area contributed by atoms with Crippen LogP contribution in [0.3, 0.4) is 0 Å². The van der Waals surface area contributed by atoms with E-state index in [4.69, 9.17) is 4.74 Å². The Morgan fingerprint density at radius 2 is 1.93 bits per heavy atom. The minimum absolute atomic E-state index is 0.241. The van der Waals surface area contributed by atoms with E-state index >= 15 is 0 Å². The lowest BCUT2D eigenvalue weighted by Gasteiger charge is -2.12. The Balaban J connectivity index is 2.14. The number of para-hydroxylation sites is 1. The van der Waals surface area contributed by atoms with Gasteiger partial charge in [-0.1, -0.05) is 12.1 Å². The van der Waals surface area contributed by atoms with Crippen LogP contribution in [0, 0.1) is 6.92 Å². The first-order valence-corrected chi connectivity index (χ1v) is 8.63. The van der Waals surface area contributed by atoms with Crippen LogP contribution in [0.25, 0.3) is 0 Å². The van der Waals surface area contributed by atoms with Crippen molar-refractivity contribution >= 4 is 23.5 Å². The number of rotatable bonds is 8. The SMILES string of the molecule is COC(=O)c1ccccc1Nc1nc(C)cc(C(=O)NCCCN(C)C)n1. The number of aryl methyl sites for hydroxylation is 1. The lowest BCUT2D eigenvalue weighted by Crippen LogP contribution is -2.28. The number of anilines is 2. The predicted octanol–water partition coefficient (Wildman–Crippen LogP) is 2.00. The molecule has 2 rings (SSSR count). The molecule has 0 spiro atoms. The summed E-state index contributed by atoms with van der Waals surface area (Å²) in [6, 6.07) is 8.50. The van der Waals surface area contributed by atoms with Crippen LogP contribution in [-0.4, -0.2) is 61.0 Å². The summed E-state index contributed by atoms with van der Waals surface area (Å²) in [6.45, 7) is 3.23. The summed E-state index contributed by atoms with van der Waals surface area (Å²) >= 11 is 0. The Hall–Kier alpha value is -3.00. The summed E-state index contributed by atoms with van der Waals surface area (Å²) in [5.74, 6) is -0.488. The molecule has 0 unspecified atom stereocenters. The molecular formula is C19H25N5O3. The van der Waals surface area contributed by atoms with Gasteiger partial charge in [0.1, 0.15) is 5.69 Å². The number of carbonyl (C=O) groups is 2. The van der Waals surface area contributed by atoms with Gasteiger partial charge in [0.2, 0.25) is 5.95 Å². The molecule has 8 nitrogen and oxygen atoms in total. The van der Waals surface area contributed by atoms with Crippen molar-refractivity contribution in [3.8, 4) is 0 Å². The Kier molecular flexibility index (Phi) is 7.25. The first kappa shape index (κ1) is 20.3. The van der Waals surface area contributed by atoms with Gasteiger partial charge in [0.05, 0.1) is 18.4 Å². The Morgan fingerprint density at radius 3 is 2.63 bits per heavy atom. The Bertz CT molecular complexity index is 808. The molecule has 0 saturated carbocycles. The van der Waals surface area contributed by atoms with E-state index in [2.05, 4.69) is 25.5 Å². The molecule has 0 atom stereocenters. The van der Waals surface area contributed by atoms with Crippen LogP contribution in [0.1, 0.15) is 33.0 Å². The van der Waals surface area contributed by atoms with Gasteiger partial charge in [-0.2, -0.15) is 0 Å². The summed E-state index contributed by atoms with van der Waals surface area (Å²) in [5, 5.41) is 5.85. The maximum Gasteiger partial charge on any atom is 0.339 e. The van der Waals surface area contributed by atoms with Crippen molar-refractivity contribution in [3.05, 3.63) is 47.3 Å². The topological polar surface area (TPSA) is 96.4 Å². The molecule has 8 heteroatoms. The third kappa shape index (κ3) is 6.03. The highest BCUT2D eigenvalue weighted by molar-refractivity contribution is 5.96. The fourth-order valence-electron chi connectivity index (χ4n) is 2.43. The Labute approximate surface area is 159 Å². The molecule has 1 heterocycles. The molecule has 1 amide bonds. The standard InChI is InChI=1S/C19H25N5O3/c1-13-12-16(17(25)20-10-7-11-24(2)3)23-19(21-13)22-15-9-6-5-8-14(15)18(26)27-4/h5-6,8-9,12H,7,10-11H2,1-4H3,(H,20,25)(H,21,22,23). The average molecular weight is 371 g/mol. The summed E-state index contributed by atoms with van der Waals surface area (Å²) < 4.78 is 4.78. The molecule has 2 N–H and O–H groups in total. The number of carbonyl (C=O) groups excluding carboxylic acids is 2. The smallest absolute Gasteiger partial charge is 0.339 e. The van der Waals surface area contributed by atoms with E-state index in [1.165, 1.54) is 7.11 Å². The van der Waals surface area contributed by atoms with E-state index in [-0.39, 0.29) is 17.5 Å². The van der Waals surface area contributed by atoms with Gasteiger partial charge in [-0.25, -0.2) is 14.8 Å². The van der Waals surface area contributed by atoms with Crippen molar-refractivity contribution in [2.75, 3.05) is 39.6 Å². The van der Waals surface area contributed by atoms with E-state index in [0.29, 0.717) is 23.5 Å². The molecule has 0 saturated heterocycles. The molecule has 0 bridgehead atoms. The molecule has 1 aromatic carbocycles. The first-order valence-electron chi connectivity index (χ1n) is 8.63. The van der Waals surface area contributed by atoms with Crippen molar-refractivity contribution in [1.82, 2.24) is 20.2 Å². The van der Waals surface area contributed by atoms with E-state index in [0.717, 1.165) is 13.0 Å². The summed E-state index contributed by atoms with van der Waals surface area (Å²) in [5.41, 5.74) is 1.78. The number of nitrogens with one attached hydrogen (secondary N) is 2. The summed E-state index contributed by atoms with van der Waals surface area (Å²) in [4.78, 5) is 34.9. The highest BCUT2D eigenvalue weighted by Crippen LogP contribution is 2.20. The number of nitrogens with zero attached hydrogens (tertiary/aromatic N) is 3. The van der Waals surface area contributed by atoms with E-state index in [1.54, 1.807) is 37.3 Å². The zero-order chi connectivity index (χ0) is 19.8. The monoisotopic (exact) mass is 371 g/mol. The molecule has 144 valence electrons. The predicted molar refractivity (Wildman–Crippen MR) is 103 cm³/mol. The molecule has 2 aromatic rings. The second-order valence-electron chi connectivity index (χ2n) is 6.29. The second kappa shape index (κ2) is 9.63. The van der Waals surface area contributed by atoms with Crippen LogP contribution < -0.4 is 10.6 Å². The number of methoxy groups -OCH3 is 1. The summed E-state index contributed by atoms with van der Waals surface area (Å²) in [6.07, 6.45) is 0.848. The van der Waals surface area contributed by atoms with Gasteiger partial charge in [0.15, 0.2) is 0 Å². The maximum atomic E-state index is 12.4. The van der Waals surface area contributed by atoms with Crippen LogP contribution in [0.5, 0.6) is 0 Å². The van der Waals surface area contributed by atoms with Crippen molar-refractivity contribution in [3.63, 3.8) is 0 Å². The lowest BCUT2D eigenvalue weighted by atomic mass is 10.2. The van der Waals surface area contributed by atoms with Crippen molar-refractivity contribution in [2.45, 2.75) is 13.3 Å². The number of hydrogen-bond acceptors (Lipinski definition) is 7. The van der Waals surface area contributed by atoms with Gasteiger partial charge < -0.3 is 20.3 Å². The van der Waals surface area contributed by atoms with Crippen molar-refractivity contribution in [2.24, 2.45) is 0 Å². The van der Waals surface area contributed by atoms with E-state index in [1.807, 2.05) is 14.1 Å².